The van der Waals surface area contributed by atoms with Crippen molar-refractivity contribution in [2.24, 2.45) is 0 Å². The molecule has 2 aliphatic heterocycles. The third-order valence-corrected chi connectivity index (χ3v) is 36.7. The van der Waals surface area contributed by atoms with Gasteiger partial charge in [0.15, 0.2) is 16.1 Å². The third kappa shape index (κ3) is 7.35. The first-order chi connectivity index (χ1) is 35.5. The Labute approximate surface area is 436 Å². The van der Waals surface area contributed by atoms with Gasteiger partial charge in [-0.15, -0.1) is 0 Å². The van der Waals surface area contributed by atoms with Crippen LogP contribution in [0, 0.1) is 0 Å². The third-order valence-electron chi connectivity index (χ3n) is 16.6. The van der Waals surface area contributed by atoms with E-state index in [0.717, 1.165) is 23.0 Å². The van der Waals surface area contributed by atoms with E-state index < -0.39 is 40.4 Å². The van der Waals surface area contributed by atoms with Crippen LogP contribution in [0.2, 0.25) is 39.3 Å². The predicted molar refractivity (Wildman–Crippen MR) is 323 cm³/mol. The fourth-order valence-corrected chi connectivity index (χ4v) is 31.0. The molecule has 356 valence electrons. The number of rotatable bonds is 10. The van der Waals surface area contributed by atoms with Crippen LogP contribution in [0.5, 0.6) is 23.0 Å². The first-order valence-corrected chi connectivity index (χ1v) is 38.7. The van der Waals surface area contributed by atoms with E-state index >= 15 is 0 Å². The molecular weight excluding hydrogens is 965 g/mol. The maximum absolute atomic E-state index is 7.27. The van der Waals surface area contributed by atoms with Gasteiger partial charge in [-0.1, -0.05) is 292 Å². The molecule has 0 saturated heterocycles. The Morgan fingerprint density at radius 1 is 0.274 bits per heavy atom. The molecule has 7 heteroatoms. The molecule has 0 aliphatic carbocycles. The van der Waals surface area contributed by atoms with Crippen LogP contribution in [0.1, 0.15) is 0 Å². The molecule has 2 heterocycles. The van der Waals surface area contributed by atoms with Crippen LogP contribution in [0.25, 0.3) is 0 Å². The quantitative estimate of drug-likeness (QED) is 0.108. The average Bonchev–Trinajstić information content (AvgIpc) is 3.43. The largest absolute Gasteiger partial charge is 0.458 e. The number of ether oxygens (including phenoxy) is 2. The minimum Gasteiger partial charge on any atom is -0.458 e. The van der Waals surface area contributed by atoms with Gasteiger partial charge in [-0.25, -0.2) is 0 Å². The monoisotopic (exact) mass is 1020 g/mol. The van der Waals surface area contributed by atoms with Crippen molar-refractivity contribution in [3.8, 4) is 23.0 Å². The van der Waals surface area contributed by atoms with Crippen molar-refractivity contribution in [3.63, 3.8) is 0 Å². The second kappa shape index (κ2) is 18.1. The topological polar surface area (TPSA) is 18.5 Å². The Bertz CT molecular complexity index is 3350. The fourth-order valence-electron chi connectivity index (χ4n) is 12.7. The summed E-state index contributed by atoms with van der Waals surface area (Å²) in [5, 5.41) is 19.0. The van der Waals surface area contributed by atoms with Crippen molar-refractivity contribution in [1.29, 1.82) is 0 Å². The van der Waals surface area contributed by atoms with Crippen LogP contribution in [0.4, 0.5) is 0 Å². The second-order valence-electron chi connectivity index (χ2n) is 21.6. The van der Waals surface area contributed by atoms with Crippen molar-refractivity contribution >= 4 is 113 Å². The normalized spacial score (nSPS) is 14.3. The molecule has 10 aromatic carbocycles. The number of benzene rings is 10. The van der Waals surface area contributed by atoms with Crippen molar-refractivity contribution in [2.45, 2.75) is 39.3 Å². The van der Waals surface area contributed by atoms with Crippen molar-refractivity contribution < 1.29 is 9.47 Å². The lowest BCUT2D eigenvalue weighted by atomic mass is 10.3. The molecule has 0 spiro atoms. The molecule has 0 atom stereocenters. The number of hydrogen-bond donors (Lipinski definition) is 0. The molecule has 0 saturated carbocycles. The maximum atomic E-state index is 7.27. The lowest BCUT2D eigenvalue weighted by Gasteiger charge is -2.40. The van der Waals surface area contributed by atoms with E-state index in [4.69, 9.17) is 9.47 Å². The van der Waals surface area contributed by atoms with Crippen LogP contribution in [0.3, 0.4) is 0 Å². The van der Waals surface area contributed by atoms with Crippen molar-refractivity contribution in [1.82, 2.24) is 0 Å². The summed E-state index contributed by atoms with van der Waals surface area (Å²) in [6.07, 6.45) is 0. The summed E-state index contributed by atoms with van der Waals surface area (Å²) in [4.78, 5) is 0. The molecule has 0 amide bonds. The highest BCUT2D eigenvalue weighted by atomic mass is 28.3. The molecular formula is C66H60O2Si5. The zero-order valence-electron chi connectivity index (χ0n) is 42.6. The van der Waals surface area contributed by atoms with Gasteiger partial charge in [-0.3, -0.25) is 0 Å². The molecule has 10 aromatic rings. The van der Waals surface area contributed by atoms with Gasteiger partial charge in [0.05, 0.1) is 0 Å². The van der Waals surface area contributed by atoms with Crippen molar-refractivity contribution in [3.05, 3.63) is 255 Å². The molecule has 0 bridgehead atoms. The van der Waals surface area contributed by atoms with Crippen LogP contribution in [0.15, 0.2) is 255 Å². The zero-order chi connectivity index (χ0) is 50.0. The molecule has 0 fully saturated rings. The average molecular weight is 1030 g/mol. The molecule has 2 aliphatic rings. The number of hydrogen-bond acceptors (Lipinski definition) is 2. The number of fused-ring (bicyclic) bond motifs is 4. The summed E-state index contributed by atoms with van der Waals surface area (Å²) in [5.74, 6) is 4.09. The Hall–Kier alpha value is -7.12. The predicted octanol–water partition coefficient (Wildman–Crippen LogP) is 7.12. The lowest BCUT2D eigenvalue weighted by molar-refractivity contribution is 0.490. The Morgan fingerprint density at radius 2 is 0.548 bits per heavy atom. The SMILES string of the molecule is C[Si](C)(c1cccc([Si](c2ccccc2)(c2ccccc2)c2cccc3c2Oc2ccccc2[Si]3(C)C)c1)c1cccc([Si](c2ccccc2)(c2ccccc2)c2cccc3c2Oc2ccccc2[Si]3(C)C)c1. The minimum absolute atomic E-state index is 0.995. The first-order valence-electron chi connectivity index (χ1n) is 25.7. The highest BCUT2D eigenvalue weighted by Crippen LogP contribution is 2.31. The molecule has 0 aromatic heterocycles. The van der Waals surface area contributed by atoms with E-state index in [1.54, 1.807) is 0 Å². The van der Waals surface area contributed by atoms with E-state index in [0.29, 0.717) is 0 Å². The van der Waals surface area contributed by atoms with Crippen molar-refractivity contribution in [2.75, 3.05) is 0 Å². The van der Waals surface area contributed by atoms with Crippen LogP contribution >= 0.6 is 0 Å². The summed E-state index contributed by atoms with van der Waals surface area (Å²) >= 11 is 0. The van der Waals surface area contributed by atoms with Gasteiger partial charge < -0.3 is 9.47 Å². The molecule has 73 heavy (non-hydrogen) atoms. The highest BCUT2D eigenvalue weighted by molar-refractivity contribution is 7.22. The maximum Gasteiger partial charge on any atom is 0.183 e. The standard InChI is InChI=1S/C66H60O2Si5/c1-69(2,53-35-23-37-55(47-53)72(49-27-11-7-12-28-49,50-29-13-8-14-30-50)63-45-25-43-61-65(63)67-57-39-19-21-41-59(57)70(61,3)4)54-36-24-38-56(48-54)73(51-31-15-9-16-32-51,52-33-17-10-18-34-52)64-46-26-44-62-66(64)68-58-40-20-22-42-60(58)71(62,5)6/h7-48H,1-6H3. The van der Waals surface area contributed by atoms with Gasteiger partial charge >= 0.3 is 0 Å². The highest BCUT2D eigenvalue weighted by Gasteiger charge is 2.50. The Kier molecular flexibility index (Phi) is 11.6. The molecule has 0 radical (unpaired) electrons. The van der Waals surface area contributed by atoms with E-state index in [-0.39, 0.29) is 0 Å². The van der Waals surface area contributed by atoms with E-state index in [1.807, 2.05) is 0 Å². The number of para-hydroxylation sites is 4. The van der Waals surface area contributed by atoms with Gasteiger partial charge in [-0.05, 0) is 74.4 Å². The molecule has 0 N–H and O–H groups in total. The van der Waals surface area contributed by atoms with Gasteiger partial charge in [0.25, 0.3) is 0 Å². The van der Waals surface area contributed by atoms with Gasteiger partial charge in [0.2, 0.25) is 0 Å². The summed E-state index contributed by atoms with van der Waals surface area (Å²) in [6.45, 7) is 15.1. The van der Waals surface area contributed by atoms with Gasteiger partial charge in [0.1, 0.15) is 47.2 Å². The minimum atomic E-state index is -3.08. The molecule has 12 rings (SSSR count). The van der Waals surface area contributed by atoms with Crippen LogP contribution in [-0.2, 0) is 0 Å². The van der Waals surface area contributed by atoms with E-state index in [9.17, 15) is 0 Å². The summed E-state index contributed by atoms with van der Waals surface area (Å²) in [6, 6.07) is 96.7. The zero-order valence-corrected chi connectivity index (χ0v) is 47.6. The lowest BCUT2D eigenvalue weighted by Crippen LogP contribution is -2.76. The van der Waals surface area contributed by atoms with Gasteiger partial charge in [-0.2, -0.15) is 0 Å². The van der Waals surface area contributed by atoms with E-state index in [1.165, 1.54) is 72.6 Å². The van der Waals surface area contributed by atoms with E-state index in [2.05, 4.69) is 294 Å². The first kappa shape index (κ1) is 46.9. The summed E-state index contributed by atoms with van der Waals surface area (Å²) in [7, 11) is -13.0. The van der Waals surface area contributed by atoms with Crippen LogP contribution in [-0.4, -0.2) is 40.4 Å². The summed E-state index contributed by atoms with van der Waals surface area (Å²) in [5.41, 5.74) is 0. The Morgan fingerprint density at radius 3 is 0.904 bits per heavy atom. The Balaban J connectivity index is 1.08. The second-order valence-corrected chi connectivity index (χ2v) is 42.2. The van der Waals surface area contributed by atoms with Gasteiger partial charge in [0, 0.05) is 0 Å². The molecule has 2 nitrogen and oxygen atoms in total. The fraction of sp³-hybridized carbons (Fsp3) is 0.0909. The summed E-state index contributed by atoms with van der Waals surface area (Å²) < 4.78 is 14.5. The molecule has 0 unspecified atom stereocenters. The van der Waals surface area contributed by atoms with Crippen LogP contribution < -0.4 is 82.1 Å². The smallest absolute Gasteiger partial charge is 0.183 e.